The zero-order valence-corrected chi connectivity index (χ0v) is 14.0. The number of benzene rings is 2. The van der Waals surface area contributed by atoms with Gasteiger partial charge in [-0.3, -0.25) is 0 Å². The minimum absolute atomic E-state index is 0.340. The molecular formula is C20H22O4. The van der Waals surface area contributed by atoms with Crippen LogP contribution >= 0.6 is 0 Å². The van der Waals surface area contributed by atoms with Gasteiger partial charge in [0.05, 0.1) is 13.2 Å². The van der Waals surface area contributed by atoms with Crippen LogP contribution in [0.4, 0.5) is 0 Å². The molecule has 2 aromatic carbocycles. The fourth-order valence-electron chi connectivity index (χ4n) is 2.05. The molecule has 2 aromatic rings. The van der Waals surface area contributed by atoms with E-state index in [0.717, 1.165) is 22.6 Å². The summed E-state index contributed by atoms with van der Waals surface area (Å²) in [5.74, 6) is 1.30. The molecule has 0 heterocycles. The van der Waals surface area contributed by atoms with Crippen LogP contribution in [0.15, 0.2) is 54.6 Å². The molecule has 0 bridgehead atoms. The molecule has 0 aliphatic carbocycles. The van der Waals surface area contributed by atoms with Crippen molar-refractivity contribution in [3.8, 4) is 11.5 Å². The monoisotopic (exact) mass is 326 g/mol. The van der Waals surface area contributed by atoms with E-state index in [0.29, 0.717) is 19.8 Å². The van der Waals surface area contributed by atoms with Gasteiger partial charge in [-0.2, -0.15) is 0 Å². The second-order valence-corrected chi connectivity index (χ2v) is 5.02. The van der Waals surface area contributed by atoms with Crippen molar-refractivity contribution in [2.75, 3.05) is 13.2 Å². The molecule has 0 N–H and O–H groups in total. The fraction of sp³-hybridized carbons (Fsp3) is 0.250. The summed E-state index contributed by atoms with van der Waals surface area (Å²) in [6.07, 6.45) is 3.13. The van der Waals surface area contributed by atoms with E-state index >= 15 is 0 Å². The highest BCUT2D eigenvalue weighted by Crippen LogP contribution is 2.17. The Morgan fingerprint density at radius 1 is 0.875 bits per heavy atom. The van der Waals surface area contributed by atoms with Crippen LogP contribution in [0.1, 0.15) is 25.0 Å². The quantitative estimate of drug-likeness (QED) is 0.537. The zero-order valence-electron chi connectivity index (χ0n) is 14.0. The molecule has 24 heavy (non-hydrogen) atoms. The number of carbonyl (C=O) groups is 1. The summed E-state index contributed by atoms with van der Waals surface area (Å²) >= 11 is 0. The van der Waals surface area contributed by atoms with E-state index in [1.807, 2.05) is 55.5 Å². The van der Waals surface area contributed by atoms with Gasteiger partial charge in [0.15, 0.2) is 0 Å². The lowest BCUT2D eigenvalue weighted by molar-refractivity contribution is -0.137. The first-order valence-corrected chi connectivity index (χ1v) is 8.00. The average Bonchev–Trinajstić information content (AvgIpc) is 2.61. The fourth-order valence-corrected chi connectivity index (χ4v) is 2.05. The van der Waals surface area contributed by atoms with Gasteiger partial charge in [0.25, 0.3) is 0 Å². The summed E-state index contributed by atoms with van der Waals surface area (Å²) in [4.78, 5) is 11.3. The average molecular weight is 326 g/mol. The minimum Gasteiger partial charge on any atom is -0.494 e. The second-order valence-electron chi connectivity index (χ2n) is 5.02. The summed E-state index contributed by atoms with van der Waals surface area (Å²) in [7, 11) is 0. The van der Waals surface area contributed by atoms with Gasteiger partial charge in [-0.1, -0.05) is 24.3 Å². The Hall–Kier alpha value is -2.75. The number of hydrogen-bond donors (Lipinski definition) is 0. The van der Waals surface area contributed by atoms with Crippen molar-refractivity contribution in [3.63, 3.8) is 0 Å². The van der Waals surface area contributed by atoms with E-state index in [4.69, 9.17) is 14.2 Å². The molecule has 0 unspecified atom stereocenters. The van der Waals surface area contributed by atoms with Gasteiger partial charge in [0, 0.05) is 6.08 Å². The van der Waals surface area contributed by atoms with Gasteiger partial charge in [-0.05, 0) is 55.3 Å². The first kappa shape index (κ1) is 17.6. The highest BCUT2D eigenvalue weighted by molar-refractivity contribution is 5.87. The number of hydrogen-bond acceptors (Lipinski definition) is 4. The van der Waals surface area contributed by atoms with Gasteiger partial charge in [0.1, 0.15) is 18.1 Å². The lowest BCUT2D eigenvalue weighted by Gasteiger charge is -2.08. The summed E-state index contributed by atoms with van der Waals surface area (Å²) in [6.45, 7) is 5.27. The normalized spacial score (nSPS) is 10.6. The van der Waals surface area contributed by atoms with Crippen LogP contribution in [0.5, 0.6) is 11.5 Å². The minimum atomic E-state index is -0.340. The van der Waals surface area contributed by atoms with E-state index in [-0.39, 0.29) is 5.97 Å². The molecule has 2 rings (SSSR count). The predicted octanol–water partition coefficient (Wildman–Crippen LogP) is 4.24. The van der Waals surface area contributed by atoms with E-state index in [9.17, 15) is 4.79 Å². The lowest BCUT2D eigenvalue weighted by Crippen LogP contribution is -1.98. The molecular weight excluding hydrogens is 304 g/mol. The third-order valence-electron chi connectivity index (χ3n) is 3.22. The highest BCUT2D eigenvalue weighted by atomic mass is 16.5. The molecule has 4 nitrogen and oxygen atoms in total. The van der Waals surface area contributed by atoms with Crippen molar-refractivity contribution < 1.29 is 19.0 Å². The standard InChI is InChI=1S/C20H22O4/c1-3-22-18-12-7-17(8-13-18)15-24-19-10-5-16(6-11-19)9-14-20(21)23-4-2/h5-14H,3-4,15H2,1-2H3. The molecule has 126 valence electrons. The van der Waals surface area contributed by atoms with Crippen LogP contribution in [-0.4, -0.2) is 19.2 Å². The van der Waals surface area contributed by atoms with Gasteiger partial charge >= 0.3 is 5.97 Å². The molecule has 0 atom stereocenters. The summed E-state index contributed by atoms with van der Waals surface area (Å²) in [6, 6.07) is 15.4. The van der Waals surface area contributed by atoms with E-state index < -0.39 is 0 Å². The Labute approximate surface area is 142 Å². The number of rotatable bonds is 8. The predicted molar refractivity (Wildman–Crippen MR) is 94.1 cm³/mol. The molecule has 0 saturated carbocycles. The Morgan fingerprint density at radius 2 is 1.50 bits per heavy atom. The Bertz CT molecular complexity index is 657. The number of ether oxygens (including phenoxy) is 3. The SMILES string of the molecule is CCOC(=O)C=Cc1ccc(OCc2ccc(OCC)cc2)cc1. The molecule has 0 spiro atoms. The first-order valence-electron chi connectivity index (χ1n) is 8.00. The Morgan fingerprint density at radius 3 is 2.12 bits per heavy atom. The Balaban J connectivity index is 1.86. The van der Waals surface area contributed by atoms with Crippen molar-refractivity contribution in [1.82, 2.24) is 0 Å². The second kappa shape index (κ2) is 9.40. The number of carbonyl (C=O) groups excluding carboxylic acids is 1. The topological polar surface area (TPSA) is 44.8 Å². The summed E-state index contributed by atoms with van der Waals surface area (Å²) in [5.41, 5.74) is 1.99. The largest absolute Gasteiger partial charge is 0.494 e. The van der Waals surface area contributed by atoms with Crippen LogP contribution in [0.25, 0.3) is 6.08 Å². The third-order valence-corrected chi connectivity index (χ3v) is 3.22. The third kappa shape index (κ3) is 5.80. The van der Waals surface area contributed by atoms with Crippen molar-refractivity contribution in [1.29, 1.82) is 0 Å². The van der Waals surface area contributed by atoms with Crippen LogP contribution in [0, 0.1) is 0 Å². The van der Waals surface area contributed by atoms with Crippen molar-refractivity contribution in [2.24, 2.45) is 0 Å². The van der Waals surface area contributed by atoms with Crippen LogP contribution < -0.4 is 9.47 Å². The Kier molecular flexibility index (Phi) is 6.90. The van der Waals surface area contributed by atoms with Crippen LogP contribution in [0.3, 0.4) is 0 Å². The van der Waals surface area contributed by atoms with Crippen molar-refractivity contribution >= 4 is 12.0 Å². The summed E-state index contributed by atoms with van der Waals surface area (Å²) in [5, 5.41) is 0. The number of esters is 1. The molecule has 0 saturated heterocycles. The van der Waals surface area contributed by atoms with E-state index in [1.165, 1.54) is 6.08 Å². The molecule has 4 heteroatoms. The van der Waals surface area contributed by atoms with Crippen molar-refractivity contribution in [3.05, 3.63) is 65.7 Å². The smallest absolute Gasteiger partial charge is 0.330 e. The van der Waals surface area contributed by atoms with Crippen molar-refractivity contribution in [2.45, 2.75) is 20.5 Å². The zero-order chi connectivity index (χ0) is 17.2. The van der Waals surface area contributed by atoms with Gasteiger partial charge in [0.2, 0.25) is 0 Å². The molecule has 0 aliphatic heterocycles. The summed E-state index contributed by atoms with van der Waals surface area (Å²) < 4.78 is 16.0. The van der Waals surface area contributed by atoms with Gasteiger partial charge < -0.3 is 14.2 Å². The maximum Gasteiger partial charge on any atom is 0.330 e. The molecule has 0 amide bonds. The van der Waals surface area contributed by atoms with E-state index in [1.54, 1.807) is 13.0 Å². The van der Waals surface area contributed by atoms with Gasteiger partial charge in [-0.15, -0.1) is 0 Å². The van der Waals surface area contributed by atoms with E-state index in [2.05, 4.69) is 0 Å². The van der Waals surface area contributed by atoms with Crippen LogP contribution in [0.2, 0.25) is 0 Å². The molecule has 0 radical (unpaired) electrons. The first-order chi connectivity index (χ1) is 11.7. The van der Waals surface area contributed by atoms with Gasteiger partial charge in [-0.25, -0.2) is 4.79 Å². The molecule has 0 aromatic heterocycles. The molecule has 0 aliphatic rings. The molecule has 0 fully saturated rings. The van der Waals surface area contributed by atoms with Crippen LogP contribution in [-0.2, 0) is 16.1 Å². The highest BCUT2D eigenvalue weighted by Gasteiger charge is 1.99. The lowest BCUT2D eigenvalue weighted by atomic mass is 10.2. The maximum atomic E-state index is 11.3. The maximum absolute atomic E-state index is 11.3.